The number of aliphatic hydroxyl groups is 1. The Hall–Kier alpha value is -2.59. The van der Waals surface area contributed by atoms with E-state index in [0.717, 1.165) is 27.7 Å². The summed E-state index contributed by atoms with van der Waals surface area (Å²) in [6.45, 7) is 8.25. The molecule has 1 atom stereocenters. The summed E-state index contributed by atoms with van der Waals surface area (Å²) < 4.78 is 0. The van der Waals surface area contributed by atoms with Crippen LogP contribution in [0.25, 0.3) is 10.9 Å². The molecule has 0 saturated heterocycles. The average Bonchev–Trinajstić information content (AvgIpc) is 2.92. The van der Waals surface area contributed by atoms with Gasteiger partial charge in [0.1, 0.15) is 0 Å². The second kappa shape index (κ2) is 7.97. The molecule has 27 heavy (non-hydrogen) atoms. The number of carbonyl (C=O) groups excluding carboxylic acids is 1. The van der Waals surface area contributed by atoms with Gasteiger partial charge >= 0.3 is 0 Å². The average molecular weight is 364 g/mol. The molecular weight excluding hydrogens is 336 g/mol. The van der Waals surface area contributed by atoms with Crippen LogP contribution in [-0.4, -0.2) is 22.6 Å². The lowest BCUT2D eigenvalue weighted by Crippen LogP contribution is -2.30. The number of hydrogen-bond donors (Lipinski definition) is 3. The zero-order chi connectivity index (χ0) is 19.6. The number of carbonyl (C=O) groups is 1. The molecule has 0 aliphatic rings. The molecule has 3 rings (SSSR count). The first-order chi connectivity index (χ1) is 12.9. The maximum Gasteiger partial charge on any atom is 0.224 e. The van der Waals surface area contributed by atoms with Gasteiger partial charge in [-0.2, -0.15) is 0 Å². The van der Waals surface area contributed by atoms with Crippen molar-refractivity contribution in [2.75, 3.05) is 6.61 Å². The minimum Gasteiger partial charge on any atom is -0.396 e. The van der Waals surface area contributed by atoms with E-state index < -0.39 is 0 Å². The summed E-state index contributed by atoms with van der Waals surface area (Å²) in [5.41, 5.74) is 7.75. The van der Waals surface area contributed by atoms with Crippen molar-refractivity contribution in [2.24, 2.45) is 0 Å². The minimum absolute atomic E-state index is 0.0304. The Kier molecular flexibility index (Phi) is 5.66. The van der Waals surface area contributed by atoms with E-state index in [1.54, 1.807) is 0 Å². The molecule has 1 amide bonds. The van der Waals surface area contributed by atoms with Crippen LogP contribution < -0.4 is 5.32 Å². The fourth-order valence-electron chi connectivity index (χ4n) is 3.72. The molecule has 4 nitrogen and oxygen atoms in total. The van der Waals surface area contributed by atoms with Crippen LogP contribution in [0, 0.1) is 27.7 Å². The van der Waals surface area contributed by atoms with E-state index in [0.29, 0.717) is 12.8 Å². The Balaban J connectivity index is 1.83. The standard InChI is InChI=1S/C23H28N2O2/c1-14-5-7-18(8-6-14)21(9-10-26)25-22(27)13-19-17(4)24-23-16(3)11-15(2)12-20(19)23/h5-8,11-12,21,24,26H,9-10,13H2,1-4H3,(H,25,27)/t21-/m0/s1. The molecule has 0 aliphatic carbocycles. The molecule has 0 unspecified atom stereocenters. The first kappa shape index (κ1) is 19.2. The first-order valence-corrected chi connectivity index (χ1v) is 9.44. The molecule has 0 aliphatic heterocycles. The van der Waals surface area contributed by atoms with Crippen LogP contribution >= 0.6 is 0 Å². The summed E-state index contributed by atoms with van der Waals surface area (Å²) in [4.78, 5) is 16.2. The van der Waals surface area contributed by atoms with Crippen molar-refractivity contribution in [2.45, 2.75) is 46.6 Å². The molecule has 3 N–H and O–H groups in total. The number of fused-ring (bicyclic) bond motifs is 1. The van der Waals surface area contributed by atoms with Crippen molar-refractivity contribution in [1.82, 2.24) is 10.3 Å². The number of hydrogen-bond acceptors (Lipinski definition) is 2. The van der Waals surface area contributed by atoms with E-state index in [9.17, 15) is 9.90 Å². The Morgan fingerprint density at radius 3 is 2.44 bits per heavy atom. The van der Waals surface area contributed by atoms with Gasteiger partial charge in [0.15, 0.2) is 0 Å². The van der Waals surface area contributed by atoms with Gasteiger partial charge in [0, 0.05) is 23.2 Å². The predicted molar refractivity (Wildman–Crippen MR) is 110 cm³/mol. The van der Waals surface area contributed by atoms with Crippen LogP contribution in [0.3, 0.4) is 0 Å². The highest BCUT2D eigenvalue weighted by Gasteiger charge is 2.18. The molecule has 142 valence electrons. The Labute approximate surface area is 160 Å². The summed E-state index contributed by atoms with van der Waals surface area (Å²) >= 11 is 0. The van der Waals surface area contributed by atoms with Crippen LogP contribution in [0.4, 0.5) is 0 Å². The largest absolute Gasteiger partial charge is 0.396 e. The lowest BCUT2D eigenvalue weighted by Gasteiger charge is -2.19. The third-order valence-electron chi connectivity index (χ3n) is 5.14. The third-order valence-corrected chi connectivity index (χ3v) is 5.14. The van der Waals surface area contributed by atoms with Gasteiger partial charge in [-0.1, -0.05) is 41.5 Å². The number of benzene rings is 2. The molecule has 2 aromatic carbocycles. The van der Waals surface area contributed by atoms with Gasteiger partial charge in [0.2, 0.25) is 5.91 Å². The maximum absolute atomic E-state index is 12.8. The molecule has 0 spiro atoms. The molecule has 0 fully saturated rings. The second-order valence-electron chi connectivity index (χ2n) is 7.45. The van der Waals surface area contributed by atoms with E-state index >= 15 is 0 Å². The van der Waals surface area contributed by atoms with Crippen LogP contribution in [0.1, 0.15) is 46.0 Å². The minimum atomic E-state index is -0.183. The number of aliphatic hydroxyl groups excluding tert-OH is 1. The summed E-state index contributed by atoms with van der Waals surface area (Å²) in [6.07, 6.45) is 0.822. The molecule has 3 aromatic rings. The van der Waals surface area contributed by atoms with Crippen molar-refractivity contribution < 1.29 is 9.90 Å². The molecule has 0 radical (unpaired) electrons. The van der Waals surface area contributed by atoms with Crippen molar-refractivity contribution in [1.29, 1.82) is 0 Å². The van der Waals surface area contributed by atoms with E-state index in [1.165, 1.54) is 16.7 Å². The fourth-order valence-corrected chi connectivity index (χ4v) is 3.72. The summed E-state index contributed by atoms with van der Waals surface area (Å²) in [7, 11) is 0. The van der Waals surface area contributed by atoms with Crippen molar-refractivity contribution >= 4 is 16.8 Å². The Bertz CT molecular complexity index is 955. The number of amides is 1. The van der Waals surface area contributed by atoms with E-state index in [-0.39, 0.29) is 18.6 Å². The van der Waals surface area contributed by atoms with Crippen LogP contribution in [-0.2, 0) is 11.2 Å². The number of rotatable bonds is 6. The molecule has 1 heterocycles. The number of aromatic amines is 1. The van der Waals surface area contributed by atoms with Crippen LogP contribution in [0.2, 0.25) is 0 Å². The third kappa shape index (κ3) is 4.22. The van der Waals surface area contributed by atoms with Gasteiger partial charge < -0.3 is 15.4 Å². The summed E-state index contributed by atoms with van der Waals surface area (Å²) in [6, 6.07) is 12.2. The highest BCUT2D eigenvalue weighted by Crippen LogP contribution is 2.27. The van der Waals surface area contributed by atoms with Gasteiger partial charge in [-0.15, -0.1) is 0 Å². The second-order valence-corrected chi connectivity index (χ2v) is 7.45. The maximum atomic E-state index is 12.8. The SMILES string of the molecule is Cc1ccc([C@H](CCO)NC(=O)Cc2c(C)[nH]c3c(C)cc(C)cc23)cc1. The zero-order valence-corrected chi connectivity index (χ0v) is 16.5. The van der Waals surface area contributed by atoms with Crippen LogP contribution in [0.15, 0.2) is 36.4 Å². The van der Waals surface area contributed by atoms with E-state index in [1.807, 2.05) is 38.1 Å². The topological polar surface area (TPSA) is 65.1 Å². The van der Waals surface area contributed by atoms with Gasteiger partial charge in [-0.3, -0.25) is 4.79 Å². The van der Waals surface area contributed by atoms with E-state index in [2.05, 4.69) is 36.3 Å². The van der Waals surface area contributed by atoms with Crippen molar-refractivity contribution in [3.63, 3.8) is 0 Å². The van der Waals surface area contributed by atoms with Crippen molar-refractivity contribution in [3.8, 4) is 0 Å². The first-order valence-electron chi connectivity index (χ1n) is 9.44. The fraction of sp³-hybridized carbons (Fsp3) is 0.348. The lowest BCUT2D eigenvalue weighted by molar-refractivity contribution is -0.121. The number of aryl methyl sites for hydroxylation is 4. The number of aromatic nitrogens is 1. The zero-order valence-electron chi connectivity index (χ0n) is 16.5. The highest BCUT2D eigenvalue weighted by molar-refractivity contribution is 5.92. The quantitative estimate of drug-likeness (QED) is 0.614. The lowest BCUT2D eigenvalue weighted by atomic mass is 10.0. The molecule has 1 aromatic heterocycles. The number of nitrogens with one attached hydrogen (secondary N) is 2. The summed E-state index contributed by atoms with van der Waals surface area (Å²) in [5.74, 6) is -0.0304. The van der Waals surface area contributed by atoms with Gasteiger partial charge in [-0.05, 0) is 56.9 Å². The van der Waals surface area contributed by atoms with Crippen LogP contribution in [0.5, 0.6) is 0 Å². The normalized spacial score (nSPS) is 12.3. The molecular formula is C23H28N2O2. The highest BCUT2D eigenvalue weighted by atomic mass is 16.3. The van der Waals surface area contributed by atoms with Crippen molar-refractivity contribution in [3.05, 3.63) is 69.9 Å². The number of H-pyrrole nitrogens is 1. The van der Waals surface area contributed by atoms with E-state index in [4.69, 9.17) is 0 Å². The Morgan fingerprint density at radius 2 is 1.78 bits per heavy atom. The van der Waals surface area contributed by atoms with Gasteiger partial charge in [0.05, 0.1) is 12.5 Å². The van der Waals surface area contributed by atoms with Gasteiger partial charge in [-0.25, -0.2) is 0 Å². The smallest absolute Gasteiger partial charge is 0.224 e. The predicted octanol–water partition coefficient (Wildman–Crippen LogP) is 4.18. The molecule has 4 heteroatoms. The van der Waals surface area contributed by atoms with Gasteiger partial charge in [0.25, 0.3) is 0 Å². The Morgan fingerprint density at radius 1 is 1.07 bits per heavy atom. The summed E-state index contributed by atoms with van der Waals surface area (Å²) in [5, 5.41) is 13.6. The monoisotopic (exact) mass is 364 g/mol. The molecule has 0 bridgehead atoms. The molecule has 0 saturated carbocycles.